The highest BCUT2D eigenvalue weighted by Crippen LogP contribution is 2.30. The van der Waals surface area contributed by atoms with Crippen molar-refractivity contribution in [2.75, 3.05) is 13.2 Å². The molecule has 0 aromatic heterocycles. The number of nitrogens with one attached hydrogen (secondary N) is 2. The van der Waals surface area contributed by atoms with E-state index in [4.69, 9.17) is 4.74 Å². The number of amides is 2. The zero-order chi connectivity index (χ0) is 18.5. The Morgan fingerprint density at radius 2 is 1.88 bits per heavy atom. The summed E-state index contributed by atoms with van der Waals surface area (Å²) in [5, 5.41) is 15.3. The molecule has 7 heteroatoms. The largest absolute Gasteiger partial charge is 0.394 e. The van der Waals surface area contributed by atoms with E-state index in [0.717, 1.165) is 25.7 Å². The molecule has 6 nitrogen and oxygen atoms in total. The van der Waals surface area contributed by atoms with E-state index in [9.17, 15) is 19.1 Å². The molecule has 0 bridgehead atoms. The topological polar surface area (TPSA) is 87.7 Å². The molecule has 1 heterocycles. The molecule has 0 unspecified atom stereocenters. The van der Waals surface area contributed by atoms with E-state index in [0.29, 0.717) is 18.5 Å². The lowest BCUT2D eigenvalue weighted by Gasteiger charge is -2.36. The van der Waals surface area contributed by atoms with Crippen LogP contribution in [0.25, 0.3) is 0 Å². The third kappa shape index (κ3) is 5.02. The molecule has 2 aliphatic rings. The Balaban J connectivity index is 1.41. The van der Waals surface area contributed by atoms with Gasteiger partial charge in [0, 0.05) is 18.0 Å². The molecule has 0 spiro atoms. The second-order valence-electron chi connectivity index (χ2n) is 7.00. The van der Waals surface area contributed by atoms with Gasteiger partial charge in [0.2, 0.25) is 5.91 Å². The van der Waals surface area contributed by atoms with Crippen molar-refractivity contribution in [3.05, 3.63) is 35.6 Å². The van der Waals surface area contributed by atoms with Crippen LogP contribution >= 0.6 is 0 Å². The average Bonchev–Trinajstić information content (AvgIpc) is 3.48. The van der Waals surface area contributed by atoms with Gasteiger partial charge in [-0.25, -0.2) is 4.39 Å². The van der Waals surface area contributed by atoms with Crippen LogP contribution < -0.4 is 10.6 Å². The van der Waals surface area contributed by atoms with Crippen LogP contribution in [-0.4, -0.2) is 48.3 Å². The summed E-state index contributed by atoms with van der Waals surface area (Å²) in [5.74, 6) is -0.444. The Hall–Kier alpha value is -1.99. The van der Waals surface area contributed by atoms with Gasteiger partial charge in [-0.3, -0.25) is 9.59 Å². The van der Waals surface area contributed by atoms with E-state index >= 15 is 0 Å². The lowest BCUT2D eigenvalue weighted by atomic mass is 9.97. The van der Waals surface area contributed by atoms with Crippen molar-refractivity contribution in [3.63, 3.8) is 0 Å². The molecule has 3 rings (SSSR count). The van der Waals surface area contributed by atoms with Gasteiger partial charge in [0.05, 0.1) is 18.8 Å². The smallest absolute Gasteiger partial charge is 0.251 e. The highest BCUT2D eigenvalue weighted by atomic mass is 19.1. The number of hydrogen-bond acceptors (Lipinski definition) is 4. The molecule has 1 aliphatic heterocycles. The van der Waals surface area contributed by atoms with Crippen LogP contribution in [0, 0.1) is 11.7 Å². The van der Waals surface area contributed by atoms with Crippen LogP contribution in [0.4, 0.5) is 4.39 Å². The Kier molecular flexibility index (Phi) is 6.21. The van der Waals surface area contributed by atoms with Gasteiger partial charge in [-0.1, -0.05) is 0 Å². The van der Waals surface area contributed by atoms with Crippen molar-refractivity contribution in [1.29, 1.82) is 0 Å². The number of carbonyl (C=O) groups excluding carboxylic acids is 2. The summed E-state index contributed by atoms with van der Waals surface area (Å²) in [5.41, 5.74) is 0.409. The first-order valence-electron chi connectivity index (χ1n) is 9.17. The number of halogens is 1. The summed E-state index contributed by atoms with van der Waals surface area (Å²) in [6, 6.07) is 5.23. The molecule has 1 saturated carbocycles. The maximum Gasteiger partial charge on any atom is 0.251 e. The quantitative estimate of drug-likeness (QED) is 0.682. The molecular formula is C19H25FN2O4. The van der Waals surface area contributed by atoms with E-state index in [1.165, 1.54) is 24.3 Å². The number of aliphatic hydroxyl groups is 1. The first kappa shape index (κ1) is 18.8. The first-order valence-corrected chi connectivity index (χ1v) is 9.17. The minimum atomic E-state index is -0.413. The standard InChI is InChI=1S/C19H25FN2O4/c20-14-5-3-12(4-6-14)18(24)21-10-9-15-7-8-16(17(11-23)26-15)22-19(25)13-1-2-13/h3-6,13,15-17,23H,1-2,7-11H2,(H,21,24)(H,22,25)/t15-,16+,17+/m0/s1. The number of rotatable bonds is 7. The summed E-state index contributed by atoms with van der Waals surface area (Å²) in [4.78, 5) is 23.9. The fraction of sp³-hybridized carbons (Fsp3) is 0.579. The lowest BCUT2D eigenvalue weighted by molar-refractivity contribution is -0.129. The Labute approximate surface area is 152 Å². The summed E-state index contributed by atoms with van der Waals surface area (Å²) in [6.45, 7) is 0.284. The Morgan fingerprint density at radius 3 is 2.54 bits per heavy atom. The lowest BCUT2D eigenvalue weighted by Crippen LogP contribution is -2.51. The third-order valence-corrected chi connectivity index (χ3v) is 4.93. The van der Waals surface area contributed by atoms with Gasteiger partial charge in [-0.15, -0.1) is 0 Å². The van der Waals surface area contributed by atoms with Crippen molar-refractivity contribution in [2.24, 2.45) is 5.92 Å². The Morgan fingerprint density at radius 1 is 1.15 bits per heavy atom. The van der Waals surface area contributed by atoms with Crippen LogP contribution in [0.3, 0.4) is 0 Å². The van der Waals surface area contributed by atoms with Crippen molar-refractivity contribution >= 4 is 11.8 Å². The molecule has 26 heavy (non-hydrogen) atoms. The predicted molar refractivity (Wildman–Crippen MR) is 93.0 cm³/mol. The average molecular weight is 364 g/mol. The molecule has 0 radical (unpaired) electrons. The second-order valence-corrected chi connectivity index (χ2v) is 7.00. The van der Waals surface area contributed by atoms with Crippen molar-refractivity contribution in [1.82, 2.24) is 10.6 Å². The molecule has 1 aromatic rings. The normalized spacial score (nSPS) is 25.5. The van der Waals surface area contributed by atoms with Crippen molar-refractivity contribution in [3.8, 4) is 0 Å². The molecule has 2 fully saturated rings. The van der Waals surface area contributed by atoms with Crippen LogP contribution in [0.2, 0.25) is 0 Å². The van der Waals surface area contributed by atoms with Gasteiger partial charge in [0.1, 0.15) is 11.9 Å². The zero-order valence-corrected chi connectivity index (χ0v) is 14.6. The summed E-state index contributed by atoms with van der Waals surface area (Å²) < 4.78 is 18.8. The number of benzene rings is 1. The van der Waals surface area contributed by atoms with Crippen LogP contribution in [-0.2, 0) is 9.53 Å². The van der Waals surface area contributed by atoms with Crippen LogP contribution in [0.15, 0.2) is 24.3 Å². The van der Waals surface area contributed by atoms with E-state index < -0.39 is 6.10 Å². The fourth-order valence-electron chi connectivity index (χ4n) is 3.21. The van der Waals surface area contributed by atoms with Crippen molar-refractivity contribution in [2.45, 2.75) is 50.4 Å². The molecule has 2 amide bonds. The van der Waals surface area contributed by atoms with Gasteiger partial charge in [-0.2, -0.15) is 0 Å². The highest BCUT2D eigenvalue weighted by molar-refractivity contribution is 5.94. The number of ether oxygens (including phenoxy) is 1. The molecule has 3 atom stereocenters. The summed E-state index contributed by atoms with van der Waals surface area (Å²) >= 11 is 0. The van der Waals surface area contributed by atoms with Gasteiger partial charge in [0.15, 0.2) is 0 Å². The minimum absolute atomic E-state index is 0.0575. The van der Waals surface area contributed by atoms with Gasteiger partial charge in [-0.05, 0) is 56.4 Å². The maximum atomic E-state index is 12.9. The van der Waals surface area contributed by atoms with Gasteiger partial charge in [0.25, 0.3) is 5.91 Å². The SMILES string of the molecule is O=C(NCC[C@@H]1CC[C@@H](NC(=O)C2CC2)[C@@H](CO)O1)c1ccc(F)cc1. The number of carbonyl (C=O) groups is 2. The third-order valence-electron chi connectivity index (χ3n) is 4.93. The predicted octanol–water partition coefficient (Wildman–Crippen LogP) is 1.38. The first-order chi connectivity index (χ1) is 12.6. The zero-order valence-electron chi connectivity index (χ0n) is 14.6. The number of aliphatic hydroxyl groups excluding tert-OH is 1. The molecule has 1 aliphatic carbocycles. The van der Waals surface area contributed by atoms with E-state index in [2.05, 4.69) is 10.6 Å². The van der Waals surface area contributed by atoms with E-state index in [-0.39, 0.29) is 42.3 Å². The molecule has 1 aromatic carbocycles. The van der Waals surface area contributed by atoms with Gasteiger partial charge >= 0.3 is 0 Å². The maximum absolute atomic E-state index is 12.9. The van der Waals surface area contributed by atoms with E-state index in [1.807, 2.05) is 0 Å². The minimum Gasteiger partial charge on any atom is -0.394 e. The second kappa shape index (κ2) is 8.60. The number of hydrogen-bond donors (Lipinski definition) is 3. The van der Waals surface area contributed by atoms with Gasteiger partial charge < -0.3 is 20.5 Å². The van der Waals surface area contributed by atoms with Crippen LogP contribution in [0.1, 0.15) is 42.5 Å². The van der Waals surface area contributed by atoms with Crippen LogP contribution in [0.5, 0.6) is 0 Å². The fourth-order valence-corrected chi connectivity index (χ4v) is 3.21. The molecular weight excluding hydrogens is 339 g/mol. The highest BCUT2D eigenvalue weighted by Gasteiger charge is 2.36. The molecule has 142 valence electrons. The van der Waals surface area contributed by atoms with E-state index in [1.54, 1.807) is 0 Å². The summed E-state index contributed by atoms with van der Waals surface area (Å²) in [7, 11) is 0. The van der Waals surface area contributed by atoms with Crippen molar-refractivity contribution < 1.29 is 23.8 Å². The molecule has 1 saturated heterocycles. The Bertz CT molecular complexity index is 633. The summed E-state index contributed by atoms with van der Waals surface area (Å²) in [6.07, 6.45) is 3.53. The monoisotopic (exact) mass is 364 g/mol. The molecule has 3 N–H and O–H groups in total.